The van der Waals surface area contributed by atoms with Crippen LogP contribution in [-0.4, -0.2) is 24.2 Å². The highest BCUT2D eigenvalue weighted by molar-refractivity contribution is 6.32. The molecule has 20 heavy (non-hydrogen) atoms. The molecule has 1 heterocycles. The quantitative estimate of drug-likeness (QED) is 0.844. The van der Waals surface area contributed by atoms with E-state index in [1.165, 1.54) is 20.4 Å². The fourth-order valence-electron chi connectivity index (χ4n) is 1.56. The van der Waals surface area contributed by atoms with Crippen LogP contribution in [0.2, 0.25) is 10.3 Å². The average molecular weight is 315 g/mol. The van der Waals surface area contributed by atoms with E-state index in [-0.39, 0.29) is 5.28 Å². The van der Waals surface area contributed by atoms with Gasteiger partial charge in [0.2, 0.25) is 5.28 Å². The van der Waals surface area contributed by atoms with Crippen molar-refractivity contribution in [3.05, 3.63) is 28.6 Å². The highest BCUT2D eigenvalue weighted by Crippen LogP contribution is 2.37. The average Bonchev–Trinajstić information content (AvgIpc) is 2.43. The summed E-state index contributed by atoms with van der Waals surface area (Å²) in [5.41, 5.74) is 6.71. The smallest absolute Gasteiger partial charge is 0.224 e. The fraction of sp³-hybridized carbons (Fsp3) is 0.167. The van der Waals surface area contributed by atoms with Crippen molar-refractivity contribution in [3.63, 3.8) is 0 Å². The van der Waals surface area contributed by atoms with Crippen molar-refractivity contribution >= 4 is 40.4 Å². The maximum absolute atomic E-state index is 6.09. The Morgan fingerprint density at radius 3 is 2.50 bits per heavy atom. The molecule has 0 spiro atoms. The third-order valence-corrected chi connectivity index (χ3v) is 2.99. The number of rotatable bonds is 4. The van der Waals surface area contributed by atoms with Crippen molar-refractivity contribution in [3.8, 4) is 11.5 Å². The van der Waals surface area contributed by atoms with Crippen LogP contribution in [0.5, 0.6) is 11.5 Å². The van der Waals surface area contributed by atoms with Crippen molar-refractivity contribution in [2.75, 3.05) is 25.3 Å². The lowest BCUT2D eigenvalue weighted by molar-refractivity contribution is 0.396. The summed E-state index contributed by atoms with van der Waals surface area (Å²) in [6, 6.07) is 3.30. The molecule has 1 aromatic heterocycles. The fourth-order valence-corrected chi connectivity index (χ4v) is 1.93. The third-order valence-electron chi connectivity index (χ3n) is 2.51. The molecule has 8 heteroatoms. The minimum Gasteiger partial charge on any atom is -0.495 e. The predicted molar refractivity (Wildman–Crippen MR) is 79.3 cm³/mol. The van der Waals surface area contributed by atoms with Gasteiger partial charge in [0.15, 0.2) is 5.82 Å². The number of hydrogen-bond acceptors (Lipinski definition) is 6. The van der Waals surface area contributed by atoms with Gasteiger partial charge in [-0.1, -0.05) is 11.6 Å². The van der Waals surface area contributed by atoms with Crippen molar-refractivity contribution in [1.82, 2.24) is 9.97 Å². The number of nitrogens with two attached hydrogens (primary N) is 1. The molecule has 1 aromatic carbocycles. The van der Waals surface area contributed by atoms with E-state index in [4.69, 9.17) is 38.4 Å². The van der Waals surface area contributed by atoms with Crippen molar-refractivity contribution in [2.45, 2.75) is 0 Å². The van der Waals surface area contributed by atoms with Gasteiger partial charge in [0.25, 0.3) is 0 Å². The Morgan fingerprint density at radius 2 is 1.85 bits per heavy atom. The minimum absolute atomic E-state index is 0.0836. The largest absolute Gasteiger partial charge is 0.495 e. The topological polar surface area (TPSA) is 82.3 Å². The summed E-state index contributed by atoms with van der Waals surface area (Å²) in [6.07, 6.45) is 1.41. The van der Waals surface area contributed by atoms with Gasteiger partial charge in [-0.3, -0.25) is 0 Å². The number of aromatic nitrogens is 2. The molecule has 0 amide bonds. The standard InChI is InChI=1S/C12H12Cl2N4O2/c1-19-9-4-10(20-2)8(3-6(9)13)17-11-7(15)5-16-12(14)18-11/h3-5H,15H2,1-2H3,(H,16,17,18). The van der Waals surface area contributed by atoms with E-state index < -0.39 is 0 Å². The normalized spacial score (nSPS) is 10.2. The van der Waals surface area contributed by atoms with Gasteiger partial charge in [-0.05, 0) is 17.7 Å². The molecule has 0 atom stereocenters. The number of nitrogen functional groups attached to an aromatic ring is 1. The Labute approximate surface area is 125 Å². The molecule has 0 aliphatic heterocycles. The Bertz CT molecular complexity index is 637. The molecule has 6 nitrogen and oxygen atoms in total. The molecule has 106 valence electrons. The number of halogens is 2. The summed E-state index contributed by atoms with van der Waals surface area (Å²) >= 11 is 11.8. The van der Waals surface area contributed by atoms with E-state index in [2.05, 4.69) is 15.3 Å². The second-order valence-electron chi connectivity index (χ2n) is 3.76. The number of nitrogens with one attached hydrogen (secondary N) is 1. The van der Waals surface area contributed by atoms with E-state index >= 15 is 0 Å². The van der Waals surface area contributed by atoms with Crippen LogP contribution in [-0.2, 0) is 0 Å². The summed E-state index contributed by atoms with van der Waals surface area (Å²) in [7, 11) is 3.06. The van der Waals surface area contributed by atoms with Gasteiger partial charge in [0, 0.05) is 6.07 Å². The molecule has 0 saturated carbocycles. The number of benzene rings is 1. The minimum atomic E-state index is 0.0836. The maximum atomic E-state index is 6.09. The van der Waals surface area contributed by atoms with E-state index in [1.807, 2.05) is 0 Å². The van der Waals surface area contributed by atoms with Gasteiger partial charge in [-0.15, -0.1) is 0 Å². The zero-order chi connectivity index (χ0) is 14.7. The lowest BCUT2D eigenvalue weighted by atomic mass is 10.2. The van der Waals surface area contributed by atoms with Gasteiger partial charge in [-0.2, -0.15) is 4.98 Å². The van der Waals surface area contributed by atoms with Gasteiger partial charge in [0.1, 0.15) is 11.5 Å². The number of nitrogens with zero attached hydrogens (tertiary/aromatic N) is 2. The van der Waals surface area contributed by atoms with Crippen molar-refractivity contribution in [2.24, 2.45) is 0 Å². The Morgan fingerprint density at radius 1 is 1.15 bits per heavy atom. The second kappa shape index (κ2) is 6.02. The molecule has 0 aliphatic carbocycles. The number of methoxy groups -OCH3 is 2. The summed E-state index contributed by atoms with van der Waals surface area (Å²) in [4.78, 5) is 7.78. The molecule has 3 N–H and O–H groups in total. The second-order valence-corrected chi connectivity index (χ2v) is 4.50. The predicted octanol–water partition coefficient (Wildman–Crippen LogP) is 3.13. The first-order chi connectivity index (χ1) is 9.55. The molecule has 0 saturated heterocycles. The zero-order valence-electron chi connectivity index (χ0n) is 10.8. The maximum Gasteiger partial charge on any atom is 0.224 e. The van der Waals surface area contributed by atoms with Crippen LogP contribution in [0.3, 0.4) is 0 Å². The lowest BCUT2D eigenvalue weighted by Gasteiger charge is -2.14. The first-order valence-corrected chi connectivity index (χ1v) is 6.27. The molecule has 0 fully saturated rings. The Balaban J connectivity index is 2.42. The summed E-state index contributed by atoms with van der Waals surface area (Å²) in [5, 5.41) is 3.51. The lowest BCUT2D eigenvalue weighted by Crippen LogP contribution is -2.02. The highest BCUT2D eigenvalue weighted by atomic mass is 35.5. The number of anilines is 3. The molecule has 2 aromatic rings. The Hall–Kier alpha value is -1.92. The SMILES string of the molecule is COc1cc(OC)c(Nc2nc(Cl)ncc2N)cc1Cl. The molecule has 0 radical (unpaired) electrons. The van der Waals surface area contributed by atoms with Gasteiger partial charge in [0.05, 0.1) is 36.8 Å². The van der Waals surface area contributed by atoms with Crippen LogP contribution in [0.1, 0.15) is 0 Å². The first-order valence-electron chi connectivity index (χ1n) is 5.51. The Kier molecular flexibility index (Phi) is 4.36. The molecule has 0 aliphatic rings. The molecule has 2 rings (SSSR count). The highest BCUT2D eigenvalue weighted by Gasteiger charge is 2.12. The van der Waals surface area contributed by atoms with E-state index in [1.54, 1.807) is 12.1 Å². The monoisotopic (exact) mass is 314 g/mol. The van der Waals surface area contributed by atoms with Crippen molar-refractivity contribution < 1.29 is 9.47 Å². The van der Waals surface area contributed by atoms with Crippen LogP contribution in [0, 0.1) is 0 Å². The van der Waals surface area contributed by atoms with Gasteiger partial charge < -0.3 is 20.5 Å². The number of ether oxygens (including phenoxy) is 2. The van der Waals surface area contributed by atoms with Crippen LogP contribution >= 0.6 is 23.2 Å². The van der Waals surface area contributed by atoms with Crippen LogP contribution in [0.25, 0.3) is 0 Å². The first kappa shape index (κ1) is 14.5. The van der Waals surface area contributed by atoms with Crippen LogP contribution in [0.15, 0.2) is 18.3 Å². The summed E-state index contributed by atoms with van der Waals surface area (Å²) < 4.78 is 10.4. The van der Waals surface area contributed by atoms with Crippen LogP contribution < -0.4 is 20.5 Å². The third kappa shape index (κ3) is 2.97. The zero-order valence-corrected chi connectivity index (χ0v) is 12.3. The molecule has 0 bridgehead atoms. The summed E-state index contributed by atoms with van der Waals surface area (Å²) in [5.74, 6) is 1.40. The molecular formula is C12H12Cl2N4O2. The van der Waals surface area contributed by atoms with Crippen molar-refractivity contribution in [1.29, 1.82) is 0 Å². The van der Waals surface area contributed by atoms with Gasteiger partial charge >= 0.3 is 0 Å². The molecular weight excluding hydrogens is 303 g/mol. The van der Waals surface area contributed by atoms with Gasteiger partial charge in [-0.25, -0.2) is 4.98 Å². The van der Waals surface area contributed by atoms with E-state index in [0.29, 0.717) is 33.7 Å². The van der Waals surface area contributed by atoms with E-state index in [0.717, 1.165) is 0 Å². The number of hydrogen-bond donors (Lipinski definition) is 2. The van der Waals surface area contributed by atoms with E-state index in [9.17, 15) is 0 Å². The molecule has 0 unspecified atom stereocenters. The van der Waals surface area contributed by atoms with Crippen LogP contribution in [0.4, 0.5) is 17.2 Å². The summed E-state index contributed by atoms with van der Waals surface area (Å²) in [6.45, 7) is 0.